The van der Waals surface area contributed by atoms with Gasteiger partial charge < -0.3 is 15.4 Å². The summed E-state index contributed by atoms with van der Waals surface area (Å²) >= 11 is 6.57. The summed E-state index contributed by atoms with van der Waals surface area (Å²) in [6.07, 6.45) is 5.02. The molecular weight excluding hydrogens is 444 g/mol. The maximum atomic E-state index is 9.84. The maximum Gasteiger partial charge on any atom is 0.139 e. The summed E-state index contributed by atoms with van der Waals surface area (Å²) in [5.41, 5.74) is 7.73. The van der Waals surface area contributed by atoms with Crippen molar-refractivity contribution in [3.05, 3.63) is 89.1 Å². The van der Waals surface area contributed by atoms with Crippen LogP contribution in [0.4, 0.5) is 11.4 Å². The predicted octanol–water partition coefficient (Wildman–Crippen LogP) is 6.02. The number of aliphatic hydroxyl groups is 1. The number of rotatable bonds is 6. The molecule has 6 rings (SSSR count). The standard InChI is InChI=1S/C28H27ClN4O/c29-24-10-9-21(15-23(24)27-30-16-26(32-27)19-5-2-1-3-6-19)31-25-8-4-7-20-17-33(14-11-22(20)25)28(18-34)12-13-28/h1-10,15-16,31,34H,11-14,17-18H2,(H,30,32). The largest absolute Gasteiger partial charge is 0.394 e. The molecule has 2 heterocycles. The molecule has 5 nitrogen and oxygen atoms in total. The average molecular weight is 471 g/mol. The number of aromatic nitrogens is 2. The van der Waals surface area contributed by atoms with E-state index in [1.807, 2.05) is 36.5 Å². The first-order valence-electron chi connectivity index (χ1n) is 11.8. The third-order valence-electron chi connectivity index (χ3n) is 7.22. The normalized spacial score (nSPS) is 16.8. The number of nitrogens with one attached hydrogen (secondary N) is 2. The van der Waals surface area contributed by atoms with Crippen molar-refractivity contribution in [2.24, 2.45) is 0 Å². The van der Waals surface area contributed by atoms with Crippen LogP contribution < -0.4 is 5.32 Å². The third-order valence-corrected chi connectivity index (χ3v) is 7.55. The zero-order valence-electron chi connectivity index (χ0n) is 18.9. The molecule has 0 saturated heterocycles. The van der Waals surface area contributed by atoms with Gasteiger partial charge in [0, 0.05) is 35.6 Å². The van der Waals surface area contributed by atoms with Crippen molar-refractivity contribution in [1.82, 2.24) is 14.9 Å². The second-order valence-electron chi connectivity index (χ2n) is 9.33. The summed E-state index contributed by atoms with van der Waals surface area (Å²) in [4.78, 5) is 10.5. The van der Waals surface area contributed by atoms with Crippen molar-refractivity contribution in [3.8, 4) is 22.6 Å². The Morgan fingerprint density at radius 2 is 1.91 bits per heavy atom. The highest BCUT2D eigenvalue weighted by molar-refractivity contribution is 6.33. The number of H-pyrrole nitrogens is 1. The van der Waals surface area contributed by atoms with Gasteiger partial charge in [0.25, 0.3) is 0 Å². The van der Waals surface area contributed by atoms with Gasteiger partial charge in [-0.05, 0) is 60.2 Å². The summed E-state index contributed by atoms with van der Waals surface area (Å²) in [7, 11) is 0. The molecule has 0 bridgehead atoms. The molecule has 3 N–H and O–H groups in total. The van der Waals surface area contributed by atoms with Crippen LogP contribution in [0.5, 0.6) is 0 Å². The van der Waals surface area contributed by atoms with Crippen LogP contribution in [0.1, 0.15) is 24.0 Å². The molecule has 4 aromatic rings. The average Bonchev–Trinajstić information content (AvgIpc) is 3.54. The van der Waals surface area contributed by atoms with E-state index in [-0.39, 0.29) is 12.1 Å². The van der Waals surface area contributed by atoms with Crippen LogP contribution in [0.3, 0.4) is 0 Å². The zero-order valence-corrected chi connectivity index (χ0v) is 19.6. The summed E-state index contributed by atoms with van der Waals surface area (Å²) in [6, 6.07) is 22.6. The number of fused-ring (bicyclic) bond motifs is 1. The van der Waals surface area contributed by atoms with Gasteiger partial charge in [-0.3, -0.25) is 4.90 Å². The summed E-state index contributed by atoms with van der Waals surface area (Å²) in [5.74, 6) is 0.747. The van der Waals surface area contributed by atoms with E-state index in [9.17, 15) is 5.11 Å². The number of anilines is 2. The van der Waals surface area contributed by atoms with E-state index in [2.05, 4.69) is 56.6 Å². The van der Waals surface area contributed by atoms with Crippen molar-refractivity contribution in [1.29, 1.82) is 0 Å². The van der Waals surface area contributed by atoms with Crippen molar-refractivity contribution in [2.75, 3.05) is 18.5 Å². The Morgan fingerprint density at radius 3 is 2.71 bits per heavy atom. The van der Waals surface area contributed by atoms with Gasteiger partial charge in [0.05, 0.1) is 23.5 Å². The first kappa shape index (κ1) is 21.4. The Hall–Kier alpha value is -3.12. The molecule has 6 heteroatoms. The smallest absolute Gasteiger partial charge is 0.139 e. The lowest BCUT2D eigenvalue weighted by Crippen LogP contribution is -2.43. The van der Waals surface area contributed by atoms with Gasteiger partial charge in [-0.2, -0.15) is 0 Å². The van der Waals surface area contributed by atoms with Gasteiger partial charge in [-0.1, -0.05) is 54.1 Å². The molecule has 0 spiro atoms. The van der Waals surface area contributed by atoms with Crippen LogP contribution in [0.2, 0.25) is 5.02 Å². The number of aliphatic hydroxyl groups excluding tert-OH is 1. The van der Waals surface area contributed by atoms with Crippen LogP contribution in [0.25, 0.3) is 22.6 Å². The number of aromatic amines is 1. The van der Waals surface area contributed by atoms with Crippen molar-refractivity contribution >= 4 is 23.0 Å². The van der Waals surface area contributed by atoms with Crippen molar-refractivity contribution in [2.45, 2.75) is 31.3 Å². The molecule has 2 aliphatic rings. The van der Waals surface area contributed by atoms with Crippen LogP contribution in [-0.4, -0.2) is 38.7 Å². The van der Waals surface area contributed by atoms with Gasteiger partial charge in [-0.25, -0.2) is 4.98 Å². The minimum Gasteiger partial charge on any atom is -0.394 e. The minimum absolute atomic E-state index is 0.0217. The summed E-state index contributed by atoms with van der Waals surface area (Å²) in [6.45, 7) is 2.13. The van der Waals surface area contributed by atoms with E-state index in [1.165, 1.54) is 11.1 Å². The second kappa shape index (κ2) is 8.58. The van der Waals surface area contributed by atoms with Crippen LogP contribution >= 0.6 is 11.6 Å². The number of hydrogen-bond donors (Lipinski definition) is 3. The van der Waals surface area contributed by atoms with E-state index in [0.29, 0.717) is 5.02 Å². The summed E-state index contributed by atoms with van der Waals surface area (Å²) in [5, 5.41) is 14.1. The topological polar surface area (TPSA) is 64.2 Å². The molecule has 1 fully saturated rings. The number of hydrogen-bond acceptors (Lipinski definition) is 4. The highest BCUT2D eigenvalue weighted by Crippen LogP contribution is 2.44. The maximum absolute atomic E-state index is 9.84. The molecule has 0 unspecified atom stereocenters. The zero-order chi connectivity index (χ0) is 23.1. The second-order valence-corrected chi connectivity index (χ2v) is 9.74. The van der Waals surface area contributed by atoms with Crippen LogP contribution in [0, 0.1) is 0 Å². The monoisotopic (exact) mass is 470 g/mol. The van der Waals surface area contributed by atoms with Crippen molar-refractivity contribution < 1.29 is 5.11 Å². The quantitative estimate of drug-likeness (QED) is 0.322. The Kier molecular flexibility index (Phi) is 5.41. The fourth-order valence-corrected chi connectivity index (χ4v) is 5.22. The first-order chi connectivity index (χ1) is 16.6. The van der Waals surface area contributed by atoms with Gasteiger partial charge in [0.2, 0.25) is 0 Å². The molecule has 0 atom stereocenters. The molecule has 1 aromatic heterocycles. The fourth-order valence-electron chi connectivity index (χ4n) is 5.01. The SMILES string of the molecule is OCC1(N2CCc3c(cccc3Nc3ccc(Cl)c(-c4ncc(-c5ccccc5)[nH]4)c3)C2)CC1. The molecule has 34 heavy (non-hydrogen) atoms. The Morgan fingerprint density at radius 1 is 1.06 bits per heavy atom. The predicted molar refractivity (Wildman–Crippen MR) is 137 cm³/mol. The van der Waals surface area contributed by atoms with Crippen LogP contribution in [0.15, 0.2) is 72.9 Å². The van der Waals surface area contributed by atoms with Gasteiger partial charge in [-0.15, -0.1) is 0 Å². The van der Waals surface area contributed by atoms with E-state index in [0.717, 1.165) is 66.4 Å². The highest BCUT2D eigenvalue weighted by Gasteiger charge is 2.48. The number of benzene rings is 3. The minimum atomic E-state index is 0.0217. The molecule has 3 aromatic carbocycles. The van der Waals surface area contributed by atoms with E-state index >= 15 is 0 Å². The third kappa shape index (κ3) is 3.90. The summed E-state index contributed by atoms with van der Waals surface area (Å²) < 4.78 is 0. The lowest BCUT2D eigenvalue weighted by Gasteiger charge is -2.35. The molecule has 1 aliphatic heterocycles. The number of halogens is 1. The van der Waals surface area contributed by atoms with E-state index in [4.69, 9.17) is 11.6 Å². The lowest BCUT2D eigenvalue weighted by atomic mass is 9.96. The molecule has 172 valence electrons. The molecule has 0 radical (unpaired) electrons. The van der Waals surface area contributed by atoms with Gasteiger partial charge >= 0.3 is 0 Å². The first-order valence-corrected chi connectivity index (χ1v) is 12.2. The number of imidazole rings is 1. The van der Waals surface area contributed by atoms with Gasteiger partial charge in [0.1, 0.15) is 5.82 Å². The van der Waals surface area contributed by atoms with Crippen molar-refractivity contribution in [3.63, 3.8) is 0 Å². The molecule has 1 aliphatic carbocycles. The number of nitrogens with zero attached hydrogens (tertiary/aromatic N) is 2. The molecule has 1 saturated carbocycles. The molecule has 0 amide bonds. The Labute approximate surface area is 204 Å². The highest BCUT2D eigenvalue weighted by atomic mass is 35.5. The Balaban J connectivity index is 1.26. The van der Waals surface area contributed by atoms with Crippen LogP contribution in [-0.2, 0) is 13.0 Å². The fraction of sp³-hybridized carbons (Fsp3) is 0.250. The van der Waals surface area contributed by atoms with E-state index in [1.54, 1.807) is 0 Å². The van der Waals surface area contributed by atoms with E-state index < -0.39 is 0 Å². The van der Waals surface area contributed by atoms with Gasteiger partial charge in [0.15, 0.2) is 0 Å². The lowest BCUT2D eigenvalue weighted by molar-refractivity contribution is 0.0935. The molecular formula is C28H27ClN4O. The Bertz CT molecular complexity index is 1330.